The van der Waals surface area contributed by atoms with Crippen LogP contribution < -0.4 is 11.1 Å². The van der Waals surface area contributed by atoms with Gasteiger partial charge in [0.15, 0.2) is 0 Å². The van der Waals surface area contributed by atoms with Gasteiger partial charge in [-0.15, -0.1) is 0 Å². The van der Waals surface area contributed by atoms with Crippen LogP contribution in [0, 0.1) is 11.8 Å². The smallest absolute Gasteiger partial charge is 0.102 e. The van der Waals surface area contributed by atoms with Gasteiger partial charge in [-0.3, -0.25) is 4.99 Å². The minimum atomic E-state index is -0.606. The zero-order valence-corrected chi connectivity index (χ0v) is 11.9. The molecule has 0 bridgehead atoms. The number of aliphatic hydroxyl groups excluding tert-OH is 1. The van der Waals surface area contributed by atoms with Crippen LogP contribution >= 0.6 is 0 Å². The SMILES string of the molecule is CC#CC(N)=CC=NC(c1ccccc1)[C@@H](O)CNC. The average Bonchev–Trinajstić information content (AvgIpc) is 2.45. The van der Waals surface area contributed by atoms with Crippen LogP contribution in [0.1, 0.15) is 18.5 Å². The molecule has 0 saturated heterocycles. The number of nitrogens with zero attached hydrogens (tertiary/aromatic N) is 1. The Balaban J connectivity index is 2.91. The molecule has 2 atom stereocenters. The molecule has 0 aliphatic rings. The predicted octanol–water partition coefficient (Wildman–Crippen LogP) is 1.24. The van der Waals surface area contributed by atoms with E-state index in [-0.39, 0.29) is 6.04 Å². The molecule has 0 fully saturated rings. The number of hydrogen-bond acceptors (Lipinski definition) is 4. The third-order valence-electron chi connectivity index (χ3n) is 2.69. The van der Waals surface area contributed by atoms with E-state index in [1.807, 2.05) is 30.3 Å². The van der Waals surface area contributed by atoms with E-state index in [0.717, 1.165) is 5.56 Å². The van der Waals surface area contributed by atoms with Crippen LogP contribution in [0.2, 0.25) is 0 Å². The first-order valence-corrected chi connectivity index (χ1v) is 6.48. The van der Waals surface area contributed by atoms with Crippen LogP contribution in [0.15, 0.2) is 47.1 Å². The third-order valence-corrected chi connectivity index (χ3v) is 2.69. The van der Waals surface area contributed by atoms with Gasteiger partial charge in [0.2, 0.25) is 0 Å². The number of aliphatic hydroxyl groups is 1. The molecule has 0 saturated carbocycles. The lowest BCUT2D eigenvalue weighted by Crippen LogP contribution is -2.28. The molecule has 0 radical (unpaired) electrons. The van der Waals surface area contributed by atoms with E-state index < -0.39 is 6.10 Å². The molecule has 0 aromatic heterocycles. The fourth-order valence-electron chi connectivity index (χ4n) is 1.78. The van der Waals surface area contributed by atoms with Crippen molar-refractivity contribution < 1.29 is 5.11 Å². The largest absolute Gasteiger partial charge is 0.392 e. The summed E-state index contributed by atoms with van der Waals surface area (Å²) in [5, 5.41) is 13.1. The Morgan fingerprint density at radius 2 is 2.15 bits per heavy atom. The Morgan fingerprint density at radius 1 is 1.45 bits per heavy atom. The van der Waals surface area contributed by atoms with Gasteiger partial charge in [-0.25, -0.2) is 0 Å². The highest BCUT2D eigenvalue weighted by Gasteiger charge is 2.18. The summed E-state index contributed by atoms with van der Waals surface area (Å²) in [7, 11) is 1.80. The van der Waals surface area contributed by atoms with Crippen molar-refractivity contribution in [1.82, 2.24) is 5.32 Å². The average molecular weight is 271 g/mol. The van der Waals surface area contributed by atoms with E-state index in [4.69, 9.17) is 5.73 Å². The molecular weight excluding hydrogens is 250 g/mol. The lowest BCUT2D eigenvalue weighted by Gasteiger charge is -2.19. The number of allylic oxidation sites excluding steroid dienone is 2. The van der Waals surface area contributed by atoms with E-state index >= 15 is 0 Å². The highest BCUT2D eigenvalue weighted by molar-refractivity contribution is 5.73. The van der Waals surface area contributed by atoms with E-state index in [1.54, 1.807) is 26.3 Å². The van der Waals surface area contributed by atoms with E-state index in [9.17, 15) is 5.11 Å². The van der Waals surface area contributed by atoms with Gasteiger partial charge in [-0.2, -0.15) is 0 Å². The van der Waals surface area contributed by atoms with Crippen LogP contribution in [0.4, 0.5) is 0 Å². The summed E-state index contributed by atoms with van der Waals surface area (Å²) in [6, 6.07) is 9.35. The highest BCUT2D eigenvalue weighted by atomic mass is 16.3. The van der Waals surface area contributed by atoms with Gasteiger partial charge in [0.05, 0.1) is 11.8 Å². The lowest BCUT2D eigenvalue weighted by molar-refractivity contribution is 0.146. The Hall–Kier alpha value is -2.09. The maximum atomic E-state index is 10.2. The van der Waals surface area contributed by atoms with E-state index in [2.05, 4.69) is 22.2 Å². The van der Waals surface area contributed by atoms with Gasteiger partial charge in [-0.05, 0) is 31.5 Å². The monoisotopic (exact) mass is 271 g/mol. The van der Waals surface area contributed by atoms with E-state index in [1.165, 1.54) is 0 Å². The molecule has 4 heteroatoms. The Bertz CT molecular complexity index is 512. The summed E-state index contributed by atoms with van der Waals surface area (Å²) in [6.07, 6.45) is 2.62. The van der Waals surface area contributed by atoms with Crippen LogP contribution in [-0.4, -0.2) is 31.0 Å². The number of nitrogens with one attached hydrogen (secondary N) is 1. The molecule has 1 unspecified atom stereocenters. The molecule has 1 aromatic rings. The number of rotatable bonds is 6. The standard InChI is InChI=1S/C16H21N3O/c1-3-7-14(17)10-11-19-16(15(20)12-18-2)13-8-5-4-6-9-13/h4-6,8-11,15-16,18,20H,12,17H2,1-2H3/t15-,16?/m0/s1. The summed E-state index contributed by atoms with van der Waals surface area (Å²) in [4.78, 5) is 4.40. The van der Waals surface area contributed by atoms with Crippen molar-refractivity contribution in [3.63, 3.8) is 0 Å². The van der Waals surface area contributed by atoms with Gasteiger partial charge in [0, 0.05) is 12.8 Å². The molecule has 1 rings (SSSR count). The van der Waals surface area contributed by atoms with Crippen molar-refractivity contribution >= 4 is 6.21 Å². The quantitative estimate of drug-likeness (QED) is 0.538. The second kappa shape index (κ2) is 8.92. The zero-order valence-electron chi connectivity index (χ0n) is 11.9. The molecule has 4 nitrogen and oxygen atoms in total. The van der Waals surface area contributed by atoms with Crippen molar-refractivity contribution in [2.45, 2.75) is 19.1 Å². The highest BCUT2D eigenvalue weighted by Crippen LogP contribution is 2.20. The van der Waals surface area contributed by atoms with E-state index in [0.29, 0.717) is 12.2 Å². The first-order valence-electron chi connectivity index (χ1n) is 6.48. The fraction of sp³-hybridized carbons (Fsp3) is 0.312. The third kappa shape index (κ3) is 5.27. The normalized spacial score (nSPS) is 14.7. The van der Waals surface area contributed by atoms with Gasteiger partial charge < -0.3 is 16.2 Å². The van der Waals surface area contributed by atoms with Crippen LogP contribution in [0.25, 0.3) is 0 Å². The molecule has 20 heavy (non-hydrogen) atoms. The maximum absolute atomic E-state index is 10.2. The molecule has 0 amide bonds. The molecule has 0 aliphatic heterocycles. The molecule has 106 valence electrons. The Kier molecular flexibility index (Phi) is 7.12. The fourth-order valence-corrected chi connectivity index (χ4v) is 1.78. The van der Waals surface area contributed by atoms with Gasteiger partial charge in [0.25, 0.3) is 0 Å². The zero-order chi connectivity index (χ0) is 14.8. The summed E-state index contributed by atoms with van der Waals surface area (Å²) in [5.74, 6) is 5.45. The number of likely N-dealkylation sites (N-methyl/N-ethyl adjacent to an activating group) is 1. The second-order valence-electron chi connectivity index (χ2n) is 4.28. The van der Waals surface area contributed by atoms with Gasteiger partial charge >= 0.3 is 0 Å². The lowest BCUT2D eigenvalue weighted by atomic mass is 10.0. The predicted molar refractivity (Wildman–Crippen MR) is 83.3 cm³/mol. The number of nitrogens with two attached hydrogens (primary N) is 1. The first-order chi connectivity index (χ1) is 9.69. The Labute approximate surface area is 120 Å². The minimum absolute atomic E-state index is 0.331. The number of aliphatic imine (C=N–C) groups is 1. The Morgan fingerprint density at radius 3 is 2.75 bits per heavy atom. The van der Waals surface area contributed by atoms with Crippen molar-refractivity contribution in [3.05, 3.63) is 47.7 Å². The molecular formula is C16H21N3O. The maximum Gasteiger partial charge on any atom is 0.102 e. The first kappa shape index (κ1) is 16.0. The minimum Gasteiger partial charge on any atom is -0.392 e. The number of benzene rings is 1. The molecule has 0 spiro atoms. The van der Waals surface area contributed by atoms with Crippen molar-refractivity contribution in [2.75, 3.05) is 13.6 Å². The number of hydrogen-bond donors (Lipinski definition) is 3. The van der Waals surface area contributed by atoms with Gasteiger partial charge in [-0.1, -0.05) is 36.3 Å². The van der Waals surface area contributed by atoms with Crippen LogP contribution in [0.3, 0.4) is 0 Å². The summed E-state index contributed by atoms with van der Waals surface area (Å²) < 4.78 is 0. The summed E-state index contributed by atoms with van der Waals surface area (Å²) in [5.41, 5.74) is 7.07. The summed E-state index contributed by atoms with van der Waals surface area (Å²) in [6.45, 7) is 2.19. The van der Waals surface area contributed by atoms with Crippen molar-refractivity contribution in [3.8, 4) is 11.8 Å². The van der Waals surface area contributed by atoms with Crippen LogP contribution in [-0.2, 0) is 0 Å². The molecule has 4 N–H and O–H groups in total. The van der Waals surface area contributed by atoms with Crippen molar-refractivity contribution in [1.29, 1.82) is 0 Å². The van der Waals surface area contributed by atoms with Crippen LogP contribution in [0.5, 0.6) is 0 Å². The topological polar surface area (TPSA) is 70.6 Å². The molecule has 0 aliphatic carbocycles. The van der Waals surface area contributed by atoms with Crippen molar-refractivity contribution in [2.24, 2.45) is 10.7 Å². The molecule has 0 heterocycles. The van der Waals surface area contributed by atoms with Gasteiger partial charge in [0.1, 0.15) is 6.04 Å². The second-order valence-corrected chi connectivity index (χ2v) is 4.28. The molecule has 1 aromatic carbocycles. The summed E-state index contributed by atoms with van der Waals surface area (Å²) >= 11 is 0.